The molecule has 1 aromatic rings. The van der Waals surface area contributed by atoms with Crippen molar-refractivity contribution < 1.29 is 14.3 Å². The second-order valence-corrected chi connectivity index (χ2v) is 6.08. The van der Waals surface area contributed by atoms with Crippen molar-refractivity contribution in [3.63, 3.8) is 0 Å². The summed E-state index contributed by atoms with van der Waals surface area (Å²) in [6, 6.07) is 5.56. The Balaban J connectivity index is 2.16. The Labute approximate surface area is 122 Å². The van der Waals surface area contributed by atoms with Crippen LogP contribution in [0.2, 0.25) is 0 Å². The van der Waals surface area contributed by atoms with Gasteiger partial charge in [-0.2, -0.15) is 0 Å². The lowest BCUT2D eigenvalue weighted by atomic mass is 10.0. The molecular formula is C15H19BrO3. The quantitative estimate of drug-likeness (QED) is 0.788. The molecule has 2 atom stereocenters. The lowest BCUT2D eigenvalue weighted by Gasteiger charge is -2.32. The van der Waals surface area contributed by atoms with Gasteiger partial charge >= 0.3 is 0 Å². The maximum atomic E-state index is 11.7. The van der Waals surface area contributed by atoms with E-state index in [1.807, 2.05) is 18.2 Å². The maximum Gasteiger partial charge on any atom is 0.163 e. The van der Waals surface area contributed by atoms with Crippen LogP contribution in [0.25, 0.3) is 0 Å². The highest BCUT2D eigenvalue weighted by molar-refractivity contribution is 9.10. The van der Waals surface area contributed by atoms with Crippen LogP contribution in [-0.2, 0) is 4.74 Å². The Morgan fingerprint density at radius 1 is 1.32 bits per heavy atom. The number of hydrogen-bond donors (Lipinski definition) is 0. The van der Waals surface area contributed by atoms with Gasteiger partial charge in [0.15, 0.2) is 5.78 Å². The van der Waals surface area contributed by atoms with Gasteiger partial charge in [-0.3, -0.25) is 4.79 Å². The van der Waals surface area contributed by atoms with Crippen LogP contribution in [0.15, 0.2) is 22.7 Å². The molecule has 1 heterocycles. The number of carbonyl (C=O) groups excluding carboxylic acids is 1. The number of benzene rings is 1. The lowest BCUT2D eigenvalue weighted by molar-refractivity contribution is -0.0722. The SMILES string of the molecule is CC(=O)c1cc(Br)ccc1OC1CC(C)OC(C)C1. The first-order chi connectivity index (χ1) is 8.95. The summed E-state index contributed by atoms with van der Waals surface area (Å²) in [7, 11) is 0. The van der Waals surface area contributed by atoms with E-state index in [0.717, 1.165) is 17.3 Å². The van der Waals surface area contributed by atoms with Gasteiger partial charge in [0, 0.05) is 17.3 Å². The van der Waals surface area contributed by atoms with Crippen LogP contribution >= 0.6 is 15.9 Å². The van der Waals surface area contributed by atoms with Gasteiger partial charge in [-0.25, -0.2) is 0 Å². The first-order valence-electron chi connectivity index (χ1n) is 6.58. The third-order valence-corrected chi connectivity index (χ3v) is 3.76. The van der Waals surface area contributed by atoms with Gasteiger partial charge in [0.05, 0.1) is 17.8 Å². The molecule has 0 radical (unpaired) electrons. The van der Waals surface area contributed by atoms with Crippen molar-refractivity contribution in [2.24, 2.45) is 0 Å². The van der Waals surface area contributed by atoms with Crippen molar-refractivity contribution in [2.75, 3.05) is 0 Å². The van der Waals surface area contributed by atoms with Crippen LogP contribution in [0.3, 0.4) is 0 Å². The van der Waals surface area contributed by atoms with Crippen LogP contribution in [0.4, 0.5) is 0 Å². The molecule has 1 aliphatic heterocycles. The zero-order valence-electron chi connectivity index (χ0n) is 11.5. The van der Waals surface area contributed by atoms with Gasteiger partial charge < -0.3 is 9.47 Å². The molecule has 4 heteroatoms. The fourth-order valence-corrected chi connectivity index (χ4v) is 2.86. The Morgan fingerprint density at radius 3 is 2.53 bits per heavy atom. The largest absolute Gasteiger partial charge is 0.489 e. The van der Waals surface area contributed by atoms with E-state index in [2.05, 4.69) is 29.8 Å². The van der Waals surface area contributed by atoms with E-state index in [0.29, 0.717) is 11.3 Å². The summed E-state index contributed by atoms with van der Waals surface area (Å²) in [5.41, 5.74) is 0.626. The van der Waals surface area contributed by atoms with Crippen LogP contribution in [0.5, 0.6) is 5.75 Å². The summed E-state index contributed by atoms with van der Waals surface area (Å²) in [6.45, 7) is 5.67. The minimum Gasteiger partial charge on any atom is -0.489 e. The third kappa shape index (κ3) is 3.80. The van der Waals surface area contributed by atoms with E-state index in [-0.39, 0.29) is 24.1 Å². The van der Waals surface area contributed by atoms with Crippen molar-refractivity contribution in [1.82, 2.24) is 0 Å². The number of carbonyl (C=O) groups is 1. The topological polar surface area (TPSA) is 35.5 Å². The fourth-order valence-electron chi connectivity index (χ4n) is 2.50. The zero-order valence-corrected chi connectivity index (χ0v) is 13.1. The number of ether oxygens (including phenoxy) is 2. The molecule has 19 heavy (non-hydrogen) atoms. The number of Topliss-reactive ketones (excluding diaryl/α,β-unsaturated/α-hetero) is 1. The standard InChI is InChI=1S/C15H19BrO3/c1-9-6-13(7-10(2)18-9)19-15-5-4-12(16)8-14(15)11(3)17/h4-5,8-10,13H,6-7H2,1-3H3. The van der Waals surface area contributed by atoms with Gasteiger partial charge in [0.25, 0.3) is 0 Å². The molecule has 0 amide bonds. The van der Waals surface area contributed by atoms with E-state index in [1.54, 1.807) is 6.92 Å². The van der Waals surface area contributed by atoms with Gasteiger partial charge in [-0.05, 0) is 39.0 Å². The number of hydrogen-bond acceptors (Lipinski definition) is 3. The highest BCUT2D eigenvalue weighted by atomic mass is 79.9. The van der Waals surface area contributed by atoms with E-state index >= 15 is 0 Å². The van der Waals surface area contributed by atoms with E-state index in [4.69, 9.17) is 9.47 Å². The minimum atomic E-state index is 0.0180. The first-order valence-corrected chi connectivity index (χ1v) is 7.37. The minimum absolute atomic E-state index is 0.0180. The van der Waals surface area contributed by atoms with Crippen molar-refractivity contribution in [3.8, 4) is 5.75 Å². The van der Waals surface area contributed by atoms with E-state index in [1.165, 1.54) is 0 Å². The molecule has 1 aliphatic rings. The van der Waals surface area contributed by atoms with Crippen LogP contribution in [0, 0.1) is 0 Å². The molecule has 0 aliphatic carbocycles. The Bertz CT molecular complexity index is 462. The van der Waals surface area contributed by atoms with Gasteiger partial charge in [0.2, 0.25) is 0 Å². The fraction of sp³-hybridized carbons (Fsp3) is 0.533. The lowest BCUT2D eigenvalue weighted by Crippen LogP contribution is -2.35. The molecule has 1 fully saturated rings. The molecule has 0 spiro atoms. The molecule has 0 bridgehead atoms. The predicted molar refractivity (Wildman–Crippen MR) is 77.8 cm³/mol. The number of halogens is 1. The summed E-state index contributed by atoms with van der Waals surface area (Å²) >= 11 is 3.38. The third-order valence-electron chi connectivity index (χ3n) is 3.27. The van der Waals surface area contributed by atoms with Crippen molar-refractivity contribution in [1.29, 1.82) is 0 Å². The molecule has 1 aromatic carbocycles. The van der Waals surface area contributed by atoms with Crippen molar-refractivity contribution in [2.45, 2.75) is 51.9 Å². The predicted octanol–water partition coefficient (Wildman–Crippen LogP) is 3.99. The average Bonchev–Trinajstić information content (AvgIpc) is 2.30. The Hall–Kier alpha value is -0.870. The van der Waals surface area contributed by atoms with Crippen LogP contribution in [-0.4, -0.2) is 24.1 Å². The molecule has 1 saturated heterocycles. The molecular weight excluding hydrogens is 308 g/mol. The molecule has 0 saturated carbocycles. The van der Waals surface area contributed by atoms with Crippen LogP contribution < -0.4 is 4.74 Å². The molecule has 2 rings (SSSR count). The van der Waals surface area contributed by atoms with Gasteiger partial charge in [-0.15, -0.1) is 0 Å². The molecule has 0 aromatic heterocycles. The van der Waals surface area contributed by atoms with Gasteiger partial charge in [-0.1, -0.05) is 15.9 Å². The molecule has 2 unspecified atom stereocenters. The summed E-state index contributed by atoms with van der Waals surface area (Å²) < 4.78 is 12.6. The maximum absolute atomic E-state index is 11.7. The van der Waals surface area contributed by atoms with Crippen molar-refractivity contribution >= 4 is 21.7 Å². The monoisotopic (exact) mass is 326 g/mol. The van der Waals surface area contributed by atoms with Crippen molar-refractivity contribution in [3.05, 3.63) is 28.2 Å². The second-order valence-electron chi connectivity index (χ2n) is 5.17. The summed E-state index contributed by atoms with van der Waals surface area (Å²) in [4.78, 5) is 11.7. The average molecular weight is 327 g/mol. The number of ketones is 1. The van der Waals surface area contributed by atoms with Crippen LogP contribution in [0.1, 0.15) is 44.0 Å². The summed E-state index contributed by atoms with van der Waals surface area (Å²) in [6.07, 6.45) is 2.23. The Morgan fingerprint density at radius 2 is 1.95 bits per heavy atom. The normalized spacial score (nSPS) is 27.1. The molecule has 3 nitrogen and oxygen atoms in total. The summed E-state index contributed by atoms with van der Waals surface area (Å²) in [5.74, 6) is 0.687. The molecule has 0 N–H and O–H groups in total. The highest BCUT2D eigenvalue weighted by Crippen LogP contribution is 2.28. The smallest absolute Gasteiger partial charge is 0.163 e. The number of rotatable bonds is 3. The first kappa shape index (κ1) is 14.5. The summed E-state index contributed by atoms with van der Waals surface area (Å²) in [5, 5.41) is 0. The Kier molecular flexibility index (Phi) is 4.63. The van der Waals surface area contributed by atoms with Gasteiger partial charge in [0.1, 0.15) is 11.9 Å². The van der Waals surface area contributed by atoms with E-state index < -0.39 is 0 Å². The van der Waals surface area contributed by atoms with E-state index in [9.17, 15) is 4.79 Å². The highest BCUT2D eigenvalue weighted by Gasteiger charge is 2.26. The molecule has 104 valence electrons. The zero-order chi connectivity index (χ0) is 14.0. The second kappa shape index (κ2) is 6.06.